The van der Waals surface area contributed by atoms with E-state index < -0.39 is 0 Å². The molecule has 0 aliphatic heterocycles. The second-order valence-electron chi connectivity index (χ2n) is 9.23. The summed E-state index contributed by atoms with van der Waals surface area (Å²) >= 11 is 0. The first kappa shape index (κ1) is 25.0. The van der Waals surface area contributed by atoms with Crippen LogP contribution in [0.25, 0.3) is 0 Å². The Morgan fingerprint density at radius 2 is 0.840 bits per heavy atom. The van der Waals surface area contributed by atoms with Gasteiger partial charge in [-0.15, -0.1) is 0 Å². The fourth-order valence-electron chi connectivity index (χ4n) is 3.36. The van der Waals surface area contributed by atoms with Gasteiger partial charge in [0.15, 0.2) is 0 Å². The minimum absolute atomic E-state index is 0.520. The highest BCUT2D eigenvalue weighted by atomic mass is 16.5. The molecule has 0 heterocycles. The molecule has 0 aromatic carbocycles. The number of unbranched alkanes of at least 4 members (excludes halogenated alkanes) is 14. The molecule has 0 aromatic heterocycles. The molecule has 25 heavy (non-hydrogen) atoms. The van der Waals surface area contributed by atoms with Gasteiger partial charge in [-0.05, 0) is 24.7 Å². The molecule has 0 aliphatic carbocycles. The second-order valence-corrected chi connectivity index (χ2v) is 9.23. The average Bonchev–Trinajstić information content (AvgIpc) is 2.56. The van der Waals surface area contributed by atoms with Crippen molar-refractivity contribution in [2.24, 2.45) is 5.41 Å². The molecular formula is C24H50O. The number of ether oxygens (including phenoxy) is 1. The van der Waals surface area contributed by atoms with Gasteiger partial charge in [0.2, 0.25) is 0 Å². The normalized spacial score (nSPS) is 12.0. The van der Waals surface area contributed by atoms with Gasteiger partial charge in [-0.3, -0.25) is 0 Å². The summed E-state index contributed by atoms with van der Waals surface area (Å²) in [5, 5.41) is 0. The standard InChI is InChI=1S/C24H50O/c1-5-6-7-8-9-10-13-16-19-22-25-23-20-17-14-11-12-15-18-21-24(2,3)4/h5-23H2,1-4H3. The highest BCUT2D eigenvalue weighted by Crippen LogP contribution is 2.22. The number of hydrogen-bond donors (Lipinski definition) is 0. The first-order valence-corrected chi connectivity index (χ1v) is 11.6. The van der Waals surface area contributed by atoms with Crippen LogP contribution in [0.15, 0.2) is 0 Å². The smallest absolute Gasteiger partial charge is 0.0466 e. The van der Waals surface area contributed by atoms with Crippen LogP contribution in [-0.2, 0) is 4.74 Å². The first-order chi connectivity index (χ1) is 12.1. The maximum Gasteiger partial charge on any atom is 0.0466 e. The van der Waals surface area contributed by atoms with Crippen molar-refractivity contribution in [1.29, 1.82) is 0 Å². The van der Waals surface area contributed by atoms with E-state index in [0.717, 1.165) is 13.2 Å². The van der Waals surface area contributed by atoms with E-state index in [0.29, 0.717) is 5.41 Å². The van der Waals surface area contributed by atoms with Gasteiger partial charge < -0.3 is 4.74 Å². The highest BCUT2D eigenvalue weighted by molar-refractivity contribution is 4.61. The molecule has 0 unspecified atom stereocenters. The van der Waals surface area contributed by atoms with Crippen molar-refractivity contribution in [3.8, 4) is 0 Å². The maximum absolute atomic E-state index is 5.78. The fourth-order valence-corrected chi connectivity index (χ4v) is 3.36. The zero-order chi connectivity index (χ0) is 18.6. The van der Waals surface area contributed by atoms with Crippen molar-refractivity contribution in [2.75, 3.05) is 13.2 Å². The largest absolute Gasteiger partial charge is 0.381 e. The summed E-state index contributed by atoms with van der Waals surface area (Å²) in [5.41, 5.74) is 0.520. The molecular weight excluding hydrogens is 304 g/mol. The fraction of sp³-hybridized carbons (Fsp3) is 1.00. The molecule has 0 N–H and O–H groups in total. The van der Waals surface area contributed by atoms with Gasteiger partial charge in [0, 0.05) is 13.2 Å². The SMILES string of the molecule is CCCCCCCCCCCOCCCCCCCCCC(C)(C)C. The van der Waals surface area contributed by atoms with Crippen molar-refractivity contribution in [3.05, 3.63) is 0 Å². The van der Waals surface area contributed by atoms with E-state index in [1.807, 2.05) is 0 Å². The minimum atomic E-state index is 0.520. The third-order valence-corrected chi connectivity index (χ3v) is 5.11. The molecule has 0 rings (SSSR count). The second kappa shape index (κ2) is 18.7. The summed E-state index contributed by atoms with van der Waals surface area (Å²) in [5.74, 6) is 0. The van der Waals surface area contributed by atoms with Gasteiger partial charge in [0.25, 0.3) is 0 Å². The van der Waals surface area contributed by atoms with Crippen LogP contribution in [0, 0.1) is 5.41 Å². The Labute approximate surface area is 160 Å². The van der Waals surface area contributed by atoms with Crippen molar-refractivity contribution in [3.63, 3.8) is 0 Å². The van der Waals surface area contributed by atoms with Crippen molar-refractivity contribution in [1.82, 2.24) is 0 Å². The van der Waals surface area contributed by atoms with Crippen LogP contribution in [0.4, 0.5) is 0 Å². The lowest BCUT2D eigenvalue weighted by Gasteiger charge is -2.17. The molecule has 152 valence electrons. The van der Waals surface area contributed by atoms with Gasteiger partial charge in [0.1, 0.15) is 0 Å². The molecule has 0 atom stereocenters. The summed E-state index contributed by atoms with van der Waals surface area (Å²) in [6.07, 6.45) is 23.6. The van der Waals surface area contributed by atoms with Gasteiger partial charge in [-0.2, -0.15) is 0 Å². The van der Waals surface area contributed by atoms with Crippen LogP contribution >= 0.6 is 0 Å². The molecule has 0 bridgehead atoms. The van der Waals surface area contributed by atoms with E-state index in [1.165, 1.54) is 109 Å². The Bertz CT molecular complexity index is 241. The lowest BCUT2D eigenvalue weighted by molar-refractivity contribution is 0.125. The summed E-state index contributed by atoms with van der Waals surface area (Å²) in [6.45, 7) is 11.3. The van der Waals surface area contributed by atoms with Crippen LogP contribution in [0.1, 0.15) is 137 Å². The summed E-state index contributed by atoms with van der Waals surface area (Å²) in [6, 6.07) is 0. The molecule has 0 amide bonds. The molecule has 0 aromatic rings. The molecule has 0 fully saturated rings. The predicted octanol–water partition coefficient (Wildman–Crippen LogP) is 8.70. The van der Waals surface area contributed by atoms with Crippen LogP contribution in [0.2, 0.25) is 0 Å². The van der Waals surface area contributed by atoms with Crippen LogP contribution < -0.4 is 0 Å². The van der Waals surface area contributed by atoms with E-state index in [2.05, 4.69) is 27.7 Å². The number of rotatable bonds is 19. The highest BCUT2D eigenvalue weighted by Gasteiger charge is 2.08. The van der Waals surface area contributed by atoms with Crippen LogP contribution in [-0.4, -0.2) is 13.2 Å². The van der Waals surface area contributed by atoms with Crippen molar-refractivity contribution in [2.45, 2.75) is 137 Å². The Balaban J connectivity index is 3.01. The lowest BCUT2D eigenvalue weighted by Crippen LogP contribution is -2.03. The Morgan fingerprint density at radius 1 is 0.480 bits per heavy atom. The van der Waals surface area contributed by atoms with Gasteiger partial charge in [0.05, 0.1) is 0 Å². The lowest BCUT2D eigenvalue weighted by atomic mass is 9.89. The Morgan fingerprint density at radius 3 is 1.24 bits per heavy atom. The van der Waals surface area contributed by atoms with Gasteiger partial charge >= 0.3 is 0 Å². The third kappa shape index (κ3) is 24.0. The topological polar surface area (TPSA) is 9.23 Å². The van der Waals surface area contributed by atoms with Gasteiger partial charge in [-0.1, -0.05) is 118 Å². The van der Waals surface area contributed by atoms with E-state index in [-0.39, 0.29) is 0 Å². The molecule has 0 radical (unpaired) electrons. The summed E-state index contributed by atoms with van der Waals surface area (Å²) in [4.78, 5) is 0. The predicted molar refractivity (Wildman–Crippen MR) is 114 cm³/mol. The van der Waals surface area contributed by atoms with Crippen LogP contribution in [0.5, 0.6) is 0 Å². The third-order valence-electron chi connectivity index (χ3n) is 5.11. The monoisotopic (exact) mass is 354 g/mol. The van der Waals surface area contributed by atoms with E-state index in [4.69, 9.17) is 4.74 Å². The van der Waals surface area contributed by atoms with Gasteiger partial charge in [-0.25, -0.2) is 0 Å². The number of hydrogen-bond acceptors (Lipinski definition) is 1. The maximum atomic E-state index is 5.78. The molecule has 1 heteroatoms. The summed E-state index contributed by atoms with van der Waals surface area (Å²) < 4.78 is 5.78. The quantitative estimate of drug-likeness (QED) is 0.211. The van der Waals surface area contributed by atoms with E-state index in [1.54, 1.807) is 0 Å². The zero-order valence-corrected chi connectivity index (χ0v) is 18.3. The molecule has 0 saturated carbocycles. The summed E-state index contributed by atoms with van der Waals surface area (Å²) in [7, 11) is 0. The van der Waals surface area contributed by atoms with Crippen molar-refractivity contribution < 1.29 is 4.74 Å². The Hall–Kier alpha value is -0.0400. The zero-order valence-electron chi connectivity index (χ0n) is 18.3. The van der Waals surface area contributed by atoms with Crippen molar-refractivity contribution >= 4 is 0 Å². The van der Waals surface area contributed by atoms with E-state index >= 15 is 0 Å². The molecule has 0 saturated heterocycles. The first-order valence-electron chi connectivity index (χ1n) is 11.6. The van der Waals surface area contributed by atoms with Crippen LogP contribution in [0.3, 0.4) is 0 Å². The minimum Gasteiger partial charge on any atom is -0.381 e. The van der Waals surface area contributed by atoms with E-state index in [9.17, 15) is 0 Å². The Kier molecular flexibility index (Phi) is 18.7. The molecule has 1 nitrogen and oxygen atoms in total. The average molecular weight is 355 g/mol. The molecule has 0 spiro atoms. The molecule has 0 aliphatic rings.